The molecule has 0 spiro atoms. The van der Waals surface area contributed by atoms with Crippen LogP contribution in [-0.2, 0) is 6.42 Å². The van der Waals surface area contributed by atoms with Crippen molar-refractivity contribution in [1.82, 2.24) is 0 Å². The Morgan fingerprint density at radius 3 is 2.78 bits per heavy atom. The van der Waals surface area contributed by atoms with E-state index in [1.54, 1.807) is 6.26 Å². The van der Waals surface area contributed by atoms with E-state index >= 15 is 0 Å². The lowest BCUT2D eigenvalue weighted by molar-refractivity contribution is 0.495. The second-order valence-electron chi connectivity index (χ2n) is 4.29. The number of aryl methyl sites for hydroxylation is 1. The van der Waals surface area contributed by atoms with Crippen LogP contribution >= 0.6 is 31.9 Å². The van der Waals surface area contributed by atoms with Crippen molar-refractivity contribution in [3.63, 3.8) is 0 Å². The molecule has 2 rings (SSSR count). The molecular weight excluding hydrogens is 358 g/mol. The highest BCUT2D eigenvalue weighted by atomic mass is 79.9. The third-order valence-electron chi connectivity index (χ3n) is 2.74. The number of hydrogen-bond acceptors (Lipinski definition) is 2. The van der Waals surface area contributed by atoms with Crippen LogP contribution in [0.15, 0.2) is 50.0 Å². The topological polar surface area (TPSA) is 25.2 Å². The third kappa shape index (κ3) is 3.89. The van der Waals surface area contributed by atoms with E-state index in [2.05, 4.69) is 50.2 Å². The lowest BCUT2D eigenvalue weighted by atomic mass is 10.1. The molecule has 1 N–H and O–H groups in total. The quantitative estimate of drug-likeness (QED) is 0.776. The number of anilines is 1. The minimum atomic E-state index is 0.396. The molecule has 1 atom stereocenters. The van der Waals surface area contributed by atoms with Gasteiger partial charge < -0.3 is 9.73 Å². The average molecular weight is 373 g/mol. The van der Waals surface area contributed by atoms with Crippen LogP contribution in [0.4, 0.5) is 5.69 Å². The fraction of sp³-hybridized carbons (Fsp3) is 0.286. The fourth-order valence-corrected chi connectivity index (χ4v) is 2.92. The van der Waals surface area contributed by atoms with Crippen molar-refractivity contribution in [1.29, 1.82) is 0 Å². The van der Waals surface area contributed by atoms with Crippen molar-refractivity contribution in [3.05, 3.63) is 51.3 Å². The van der Waals surface area contributed by atoms with E-state index < -0.39 is 0 Å². The maximum Gasteiger partial charge on any atom is 0.103 e. The van der Waals surface area contributed by atoms with E-state index in [-0.39, 0.29) is 0 Å². The van der Waals surface area contributed by atoms with Crippen LogP contribution in [0.3, 0.4) is 0 Å². The molecular formula is C14H15Br2NO. The van der Waals surface area contributed by atoms with Crippen molar-refractivity contribution in [2.75, 3.05) is 5.32 Å². The highest BCUT2D eigenvalue weighted by Gasteiger charge is 2.06. The van der Waals surface area contributed by atoms with Gasteiger partial charge in [0.25, 0.3) is 0 Å². The fourth-order valence-electron chi connectivity index (χ4n) is 1.76. The molecule has 0 aliphatic carbocycles. The Kier molecular flexibility index (Phi) is 4.89. The Bertz CT molecular complexity index is 497. The van der Waals surface area contributed by atoms with Gasteiger partial charge in [-0.15, -0.1) is 0 Å². The Morgan fingerprint density at radius 1 is 1.28 bits per heavy atom. The highest BCUT2D eigenvalue weighted by molar-refractivity contribution is 9.11. The third-order valence-corrected chi connectivity index (χ3v) is 3.89. The molecule has 96 valence electrons. The minimum absolute atomic E-state index is 0.396. The smallest absolute Gasteiger partial charge is 0.103 e. The maximum absolute atomic E-state index is 5.33. The molecule has 0 fully saturated rings. The first-order valence-electron chi connectivity index (χ1n) is 5.89. The second-order valence-corrected chi connectivity index (χ2v) is 6.06. The summed E-state index contributed by atoms with van der Waals surface area (Å²) in [5.41, 5.74) is 1.12. The predicted molar refractivity (Wildman–Crippen MR) is 82.0 cm³/mol. The molecule has 0 aliphatic heterocycles. The van der Waals surface area contributed by atoms with Gasteiger partial charge in [0.1, 0.15) is 5.76 Å². The first-order chi connectivity index (χ1) is 8.65. The van der Waals surface area contributed by atoms with Gasteiger partial charge in [-0.2, -0.15) is 0 Å². The number of hydrogen-bond donors (Lipinski definition) is 1. The monoisotopic (exact) mass is 371 g/mol. The number of rotatable bonds is 5. The molecule has 0 saturated carbocycles. The van der Waals surface area contributed by atoms with Gasteiger partial charge >= 0.3 is 0 Å². The molecule has 0 saturated heterocycles. The van der Waals surface area contributed by atoms with Crippen LogP contribution in [0.25, 0.3) is 0 Å². The molecule has 18 heavy (non-hydrogen) atoms. The molecule has 1 aromatic heterocycles. The van der Waals surface area contributed by atoms with Gasteiger partial charge in [-0.25, -0.2) is 0 Å². The van der Waals surface area contributed by atoms with Crippen LogP contribution in [0, 0.1) is 0 Å². The van der Waals surface area contributed by atoms with Gasteiger partial charge in [0, 0.05) is 27.1 Å². The SMILES string of the molecule is CC(CCc1ccco1)Nc1ccc(Br)cc1Br. The summed E-state index contributed by atoms with van der Waals surface area (Å²) in [6.45, 7) is 2.18. The van der Waals surface area contributed by atoms with Gasteiger partial charge in [-0.1, -0.05) is 15.9 Å². The summed E-state index contributed by atoms with van der Waals surface area (Å²) in [6, 6.07) is 10.5. The zero-order valence-corrected chi connectivity index (χ0v) is 13.3. The summed E-state index contributed by atoms with van der Waals surface area (Å²) in [6.07, 6.45) is 3.71. The van der Waals surface area contributed by atoms with E-state index in [1.165, 1.54) is 0 Å². The van der Waals surface area contributed by atoms with Gasteiger partial charge in [0.2, 0.25) is 0 Å². The lowest BCUT2D eigenvalue weighted by Crippen LogP contribution is -2.16. The van der Waals surface area contributed by atoms with Crippen molar-refractivity contribution in [2.45, 2.75) is 25.8 Å². The van der Waals surface area contributed by atoms with Crippen molar-refractivity contribution < 1.29 is 4.42 Å². The summed E-state index contributed by atoms with van der Waals surface area (Å²) >= 11 is 7.00. The normalized spacial score (nSPS) is 12.4. The molecule has 1 aromatic carbocycles. The number of furan rings is 1. The van der Waals surface area contributed by atoms with Crippen molar-refractivity contribution in [3.8, 4) is 0 Å². The van der Waals surface area contributed by atoms with Gasteiger partial charge in [0.05, 0.1) is 6.26 Å². The average Bonchev–Trinajstić information content (AvgIpc) is 2.83. The first-order valence-corrected chi connectivity index (χ1v) is 7.47. The molecule has 0 amide bonds. The minimum Gasteiger partial charge on any atom is -0.469 e. The highest BCUT2D eigenvalue weighted by Crippen LogP contribution is 2.27. The van der Waals surface area contributed by atoms with Crippen LogP contribution in [0.1, 0.15) is 19.1 Å². The largest absolute Gasteiger partial charge is 0.469 e. The number of benzene rings is 1. The summed E-state index contributed by atoms with van der Waals surface area (Å²) in [5.74, 6) is 1.04. The number of halogens is 2. The molecule has 0 aliphatic rings. The van der Waals surface area contributed by atoms with Crippen LogP contribution in [0.5, 0.6) is 0 Å². The lowest BCUT2D eigenvalue weighted by Gasteiger charge is -2.16. The Balaban J connectivity index is 1.88. The Labute approximate surface area is 124 Å². The van der Waals surface area contributed by atoms with Gasteiger partial charge in [-0.3, -0.25) is 0 Å². The van der Waals surface area contributed by atoms with Gasteiger partial charge in [-0.05, 0) is 59.6 Å². The van der Waals surface area contributed by atoms with Crippen LogP contribution in [-0.4, -0.2) is 6.04 Å². The summed E-state index contributed by atoms with van der Waals surface area (Å²) < 4.78 is 7.47. The van der Waals surface area contributed by atoms with E-state index in [0.717, 1.165) is 33.2 Å². The summed E-state index contributed by atoms with van der Waals surface area (Å²) in [4.78, 5) is 0. The predicted octanol–water partition coefficient (Wildman–Crippen LogP) is 5.24. The maximum atomic E-state index is 5.33. The molecule has 0 bridgehead atoms. The summed E-state index contributed by atoms with van der Waals surface area (Å²) in [5, 5.41) is 3.49. The molecule has 1 unspecified atom stereocenters. The van der Waals surface area contributed by atoms with E-state index in [0.29, 0.717) is 6.04 Å². The summed E-state index contributed by atoms with van der Waals surface area (Å²) in [7, 11) is 0. The second kappa shape index (κ2) is 6.43. The Morgan fingerprint density at radius 2 is 2.11 bits per heavy atom. The zero-order valence-electron chi connectivity index (χ0n) is 10.1. The number of nitrogens with one attached hydrogen (secondary N) is 1. The molecule has 1 heterocycles. The van der Waals surface area contributed by atoms with E-state index in [4.69, 9.17) is 4.42 Å². The molecule has 0 radical (unpaired) electrons. The molecule has 4 heteroatoms. The Hall–Kier alpha value is -0.740. The standard InChI is InChI=1S/C14H15Br2NO/c1-10(4-6-12-3-2-8-18-12)17-14-7-5-11(15)9-13(14)16/h2-3,5,7-10,17H,4,6H2,1H3. The molecule has 2 nitrogen and oxygen atoms in total. The van der Waals surface area contributed by atoms with Crippen molar-refractivity contribution in [2.24, 2.45) is 0 Å². The van der Waals surface area contributed by atoms with Gasteiger partial charge in [0.15, 0.2) is 0 Å². The van der Waals surface area contributed by atoms with E-state index in [1.807, 2.05) is 24.3 Å². The van der Waals surface area contributed by atoms with E-state index in [9.17, 15) is 0 Å². The first kappa shape index (κ1) is 13.7. The van der Waals surface area contributed by atoms with Crippen LogP contribution in [0.2, 0.25) is 0 Å². The van der Waals surface area contributed by atoms with Crippen LogP contribution < -0.4 is 5.32 Å². The molecule has 2 aromatic rings. The zero-order chi connectivity index (χ0) is 13.0. The van der Waals surface area contributed by atoms with Crippen molar-refractivity contribution >= 4 is 37.5 Å².